The van der Waals surface area contributed by atoms with E-state index in [-0.39, 0.29) is 17.1 Å². The molecule has 8 bridgehead atoms. The zero-order chi connectivity index (χ0) is 47.8. The van der Waals surface area contributed by atoms with Crippen molar-refractivity contribution < 1.29 is 36.0 Å². The van der Waals surface area contributed by atoms with Crippen molar-refractivity contribution in [2.45, 2.75) is 26.4 Å². The minimum absolute atomic E-state index is 0. The van der Waals surface area contributed by atoms with Gasteiger partial charge < -0.3 is 28.9 Å². The molecule has 1 radical (unpaired) electrons. The summed E-state index contributed by atoms with van der Waals surface area (Å²) in [6, 6.07) is 64.1. The first-order valence-corrected chi connectivity index (χ1v) is 23.7. The van der Waals surface area contributed by atoms with Crippen molar-refractivity contribution in [2.75, 3.05) is 0 Å². The Morgan fingerprint density at radius 2 is 0.562 bits per heavy atom. The molecule has 12 nitrogen and oxygen atoms in total. The topological polar surface area (TPSA) is 146 Å². The number of aromatic amines is 2. The van der Waals surface area contributed by atoms with Crippen LogP contribution in [0.25, 0.3) is 89.7 Å². The fourth-order valence-corrected chi connectivity index (χ4v) is 9.03. The summed E-state index contributed by atoms with van der Waals surface area (Å²) in [6.45, 7) is 1.59. The molecule has 5 heterocycles. The van der Waals surface area contributed by atoms with Gasteiger partial charge in [-0.25, -0.2) is 29.9 Å². The first kappa shape index (κ1) is 45.0. The third-order valence-corrected chi connectivity index (χ3v) is 12.7. The summed E-state index contributed by atoms with van der Waals surface area (Å²) in [6.07, 6.45) is 0. The van der Waals surface area contributed by atoms with E-state index in [1.807, 2.05) is 194 Å². The molecule has 0 spiro atoms. The standard InChI is InChI=1S/C60H42N8O4.Cu/c1-5-13-37(14-6-1)33-69-41-21-25-45-49(29-41)57-62-53(45)61-54-46-26-22-43(71-35-39-17-9-3-10-18-39)31-51(46)59(63-54)68-60-52-32-44(72-36-40-19-11-4-12-20-40)24-28-48(52)56(67-60)66-58-50-30-42(23-27-47(50)55(64-57)65-58)70-34-38-15-7-2-8-16-38;/h1-32H,33-36H2,(H2,61,62,63,64,65,66,67,68);. The number of H-pyrrole nitrogens is 2. The fraction of sp³-hybridized carbons (Fsp3) is 0.0667. The van der Waals surface area contributed by atoms with Crippen molar-refractivity contribution in [3.63, 3.8) is 0 Å². The SMILES string of the molecule is [Cu].c1ccc(COc2ccc3c(c2)-c2nc-3nc3[nH]c(nc4nc(nc5[nH]c(n2)c2ccc(OCc6ccccc6)cc52)-c2cc(OCc5ccccc5)ccc2-4)c2ccc(OCc4ccccc4)cc32)cc1. The second-order valence-electron chi connectivity index (χ2n) is 17.5. The van der Waals surface area contributed by atoms with Gasteiger partial charge in [0.2, 0.25) is 0 Å². The maximum absolute atomic E-state index is 6.38. The third kappa shape index (κ3) is 9.22. The van der Waals surface area contributed by atoms with Gasteiger partial charge in [-0.1, -0.05) is 121 Å². The molecule has 0 amide bonds. The van der Waals surface area contributed by atoms with Gasteiger partial charge in [0.25, 0.3) is 0 Å². The summed E-state index contributed by atoms with van der Waals surface area (Å²) in [5.74, 6) is 4.53. The number of hydrogen-bond donors (Lipinski definition) is 2. The third-order valence-electron chi connectivity index (χ3n) is 12.7. The van der Waals surface area contributed by atoms with Crippen LogP contribution in [0.2, 0.25) is 0 Å². The first-order valence-electron chi connectivity index (χ1n) is 23.7. The minimum atomic E-state index is 0. The summed E-state index contributed by atoms with van der Waals surface area (Å²) in [4.78, 5) is 38.6. The maximum atomic E-state index is 6.38. The Morgan fingerprint density at radius 1 is 0.274 bits per heavy atom. The molecule has 0 fully saturated rings. The first-order chi connectivity index (χ1) is 35.6. The van der Waals surface area contributed by atoms with E-state index in [0.29, 0.717) is 95.3 Å². The van der Waals surface area contributed by atoms with E-state index < -0.39 is 0 Å². The van der Waals surface area contributed by atoms with Gasteiger partial charge in [-0.2, -0.15) is 0 Å². The van der Waals surface area contributed by atoms with Crippen LogP contribution in [0.15, 0.2) is 194 Å². The smallest absolute Gasteiger partial charge is 0.164 e. The minimum Gasteiger partial charge on any atom is -0.489 e. The Hall–Kier alpha value is -9.16. The number of fused-ring (bicyclic) bond motifs is 20. The Bertz CT molecular complexity index is 4010. The summed E-state index contributed by atoms with van der Waals surface area (Å²) in [5.41, 5.74) is 9.51. The maximum Gasteiger partial charge on any atom is 0.164 e. The summed E-state index contributed by atoms with van der Waals surface area (Å²) >= 11 is 0. The number of nitrogens with zero attached hydrogens (tertiary/aromatic N) is 6. The number of nitrogens with one attached hydrogen (secondary N) is 2. The van der Waals surface area contributed by atoms with Gasteiger partial charge in [0, 0.05) is 60.9 Å². The van der Waals surface area contributed by atoms with Crippen molar-refractivity contribution in [1.82, 2.24) is 39.9 Å². The molecule has 2 aliphatic rings. The Balaban J connectivity index is 0.00000543. The number of rotatable bonds is 12. The number of aromatic nitrogens is 8. The number of ether oxygens (including phenoxy) is 4. The van der Waals surface area contributed by atoms with Gasteiger partial charge in [0.1, 0.15) is 72.0 Å². The van der Waals surface area contributed by atoms with Crippen LogP contribution in [0, 0.1) is 0 Å². The monoisotopic (exact) mass is 1000 g/mol. The molecule has 2 aliphatic heterocycles. The van der Waals surface area contributed by atoms with Crippen LogP contribution in [0.3, 0.4) is 0 Å². The van der Waals surface area contributed by atoms with Crippen molar-refractivity contribution in [1.29, 1.82) is 0 Å². The van der Waals surface area contributed by atoms with Crippen molar-refractivity contribution in [2.24, 2.45) is 0 Å². The fourth-order valence-electron chi connectivity index (χ4n) is 9.03. The van der Waals surface area contributed by atoms with Gasteiger partial charge >= 0.3 is 0 Å². The molecular weight excluding hydrogens is 960 g/mol. The zero-order valence-corrected chi connectivity index (χ0v) is 39.9. The molecule has 0 atom stereocenters. The molecule has 357 valence electrons. The van der Waals surface area contributed by atoms with Crippen LogP contribution in [0.1, 0.15) is 22.3 Å². The van der Waals surface area contributed by atoms with Crippen LogP contribution in [-0.2, 0) is 43.5 Å². The van der Waals surface area contributed by atoms with Crippen LogP contribution >= 0.6 is 0 Å². The molecule has 73 heavy (non-hydrogen) atoms. The van der Waals surface area contributed by atoms with Crippen LogP contribution in [0.5, 0.6) is 23.0 Å². The van der Waals surface area contributed by atoms with Crippen molar-refractivity contribution in [3.05, 3.63) is 216 Å². The summed E-state index contributed by atoms with van der Waals surface area (Å²) in [5, 5.41) is 3.21. The molecule has 11 aromatic rings. The molecule has 0 unspecified atom stereocenters. The Kier molecular flexibility index (Phi) is 12.1. The molecule has 0 saturated carbocycles. The van der Waals surface area contributed by atoms with Crippen LogP contribution < -0.4 is 18.9 Å². The van der Waals surface area contributed by atoms with E-state index in [9.17, 15) is 0 Å². The molecule has 0 aliphatic carbocycles. The van der Waals surface area contributed by atoms with Gasteiger partial charge in [0.15, 0.2) is 23.3 Å². The molecular formula is C60H42CuN8O4. The zero-order valence-electron chi connectivity index (χ0n) is 38.9. The summed E-state index contributed by atoms with van der Waals surface area (Å²) in [7, 11) is 0. The van der Waals surface area contributed by atoms with Gasteiger partial charge in [-0.15, -0.1) is 0 Å². The second-order valence-corrected chi connectivity index (χ2v) is 17.5. The van der Waals surface area contributed by atoms with E-state index in [4.69, 9.17) is 48.9 Å². The van der Waals surface area contributed by atoms with E-state index in [2.05, 4.69) is 9.97 Å². The van der Waals surface area contributed by atoms with Gasteiger partial charge in [-0.3, -0.25) is 0 Å². The van der Waals surface area contributed by atoms with Crippen molar-refractivity contribution >= 4 is 44.1 Å². The molecule has 13 heteroatoms. The molecule has 2 N–H and O–H groups in total. The second kappa shape index (κ2) is 19.6. The molecule has 3 aromatic heterocycles. The average molecular weight is 1000 g/mol. The largest absolute Gasteiger partial charge is 0.489 e. The molecule has 0 saturated heterocycles. The van der Waals surface area contributed by atoms with E-state index in [1.165, 1.54) is 0 Å². The number of benzene rings is 8. The predicted molar refractivity (Wildman–Crippen MR) is 279 cm³/mol. The van der Waals surface area contributed by atoms with E-state index in [0.717, 1.165) is 66.1 Å². The van der Waals surface area contributed by atoms with Crippen LogP contribution in [-0.4, -0.2) is 39.9 Å². The Labute approximate surface area is 429 Å². The summed E-state index contributed by atoms with van der Waals surface area (Å²) < 4.78 is 25.5. The van der Waals surface area contributed by atoms with E-state index >= 15 is 0 Å². The molecule has 8 aromatic carbocycles. The average Bonchev–Trinajstić information content (AvgIpc) is 4.17. The van der Waals surface area contributed by atoms with Crippen molar-refractivity contribution in [3.8, 4) is 68.5 Å². The van der Waals surface area contributed by atoms with Crippen LogP contribution in [0.4, 0.5) is 0 Å². The van der Waals surface area contributed by atoms with Gasteiger partial charge in [0.05, 0.1) is 0 Å². The number of hydrogen-bond acceptors (Lipinski definition) is 10. The quantitative estimate of drug-likeness (QED) is 0.113. The predicted octanol–water partition coefficient (Wildman–Crippen LogP) is 13.2. The van der Waals surface area contributed by atoms with Gasteiger partial charge in [-0.05, 0) is 95.1 Å². The molecule has 13 rings (SSSR count). The van der Waals surface area contributed by atoms with E-state index in [1.54, 1.807) is 0 Å². The Morgan fingerprint density at radius 3 is 0.904 bits per heavy atom. The normalized spacial score (nSPS) is 11.4.